The minimum absolute atomic E-state index is 0.0642. The van der Waals surface area contributed by atoms with Crippen LogP contribution in [0.1, 0.15) is 17.7 Å². The monoisotopic (exact) mass is 390 g/mol. The fourth-order valence-electron chi connectivity index (χ4n) is 2.80. The molecule has 1 aromatic heterocycles. The molecule has 8 heteroatoms. The smallest absolute Gasteiger partial charge is 0.311 e. The number of halogens is 1. The van der Waals surface area contributed by atoms with Gasteiger partial charge < -0.3 is 19.4 Å². The van der Waals surface area contributed by atoms with Crippen molar-refractivity contribution in [1.82, 2.24) is 4.90 Å². The summed E-state index contributed by atoms with van der Waals surface area (Å²) in [6.07, 6.45) is 1.59. The third-order valence-electron chi connectivity index (χ3n) is 4.28. The van der Waals surface area contributed by atoms with E-state index in [4.69, 9.17) is 20.8 Å². The van der Waals surface area contributed by atoms with Crippen LogP contribution in [0.2, 0.25) is 5.02 Å². The molecule has 0 saturated carbocycles. The lowest BCUT2D eigenvalue weighted by molar-refractivity contribution is -0.151. The molecule has 1 N–H and O–H groups in total. The van der Waals surface area contributed by atoms with Crippen LogP contribution in [0.25, 0.3) is 0 Å². The van der Waals surface area contributed by atoms with Crippen molar-refractivity contribution in [2.45, 2.75) is 19.9 Å². The first-order valence-electron chi connectivity index (χ1n) is 8.45. The summed E-state index contributed by atoms with van der Waals surface area (Å²) in [7, 11) is 0. The van der Waals surface area contributed by atoms with Gasteiger partial charge in [-0.1, -0.05) is 17.7 Å². The highest BCUT2D eigenvalue weighted by Crippen LogP contribution is 2.22. The highest BCUT2D eigenvalue weighted by atomic mass is 35.5. The fourth-order valence-corrected chi connectivity index (χ4v) is 2.98. The zero-order valence-electron chi connectivity index (χ0n) is 14.7. The SMILES string of the molecule is Cc1ccc(NC(=O)COC(=O)[C@H]2CC(=O)N(Cc3ccco3)C2)cc1Cl. The summed E-state index contributed by atoms with van der Waals surface area (Å²) >= 11 is 6.01. The van der Waals surface area contributed by atoms with Crippen molar-refractivity contribution in [2.75, 3.05) is 18.5 Å². The number of likely N-dealkylation sites (tertiary alicyclic amines) is 1. The van der Waals surface area contributed by atoms with Crippen molar-refractivity contribution >= 4 is 35.1 Å². The van der Waals surface area contributed by atoms with Crippen LogP contribution in [-0.4, -0.2) is 35.8 Å². The van der Waals surface area contributed by atoms with E-state index in [9.17, 15) is 14.4 Å². The number of carbonyl (C=O) groups is 3. The summed E-state index contributed by atoms with van der Waals surface area (Å²) in [6.45, 7) is 1.98. The standard InChI is InChI=1S/C19H19ClN2O5/c1-12-4-5-14(8-16(12)20)21-17(23)11-27-19(25)13-7-18(24)22(9-13)10-15-3-2-6-26-15/h2-6,8,13H,7,9-11H2,1H3,(H,21,23)/t13-/m0/s1. The van der Waals surface area contributed by atoms with Crippen LogP contribution in [0.3, 0.4) is 0 Å². The summed E-state index contributed by atoms with van der Waals surface area (Å²) in [6, 6.07) is 8.62. The summed E-state index contributed by atoms with van der Waals surface area (Å²) in [5, 5.41) is 3.15. The van der Waals surface area contributed by atoms with E-state index in [1.54, 1.807) is 35.2 Å². The van der Waals surface area contributed by atoms with E-state index in [0.29, 0.717) is 23.0 Å². The predicted octanol–water partition coefficient (Wildman–Crippen LogP) is 2.77. The Balaban J connectivity index is 1.46. The zero-order chi connectivity index (χ0) is 19.4. The number of benzene rings is 1. The van der Waals surface area contributed by atoms with Crippen molar-refractivity contribution in [3.05, 3.63) is 52.9 Å². The van der Waals surface area contributed by atoms with Crippen molar-refractivity contribution in [3.8, 4) is 0 Å². The quantitative estimate of drug-likeness (QED) is 0.766. The number of amides is 2. The Labute approximate surface area is 161 Å². The Morgan fingerprint density at radius 1 is 1.37 bits per heavy atom. The lowest BCUT2D eigenvalue weighted by Crippen LogP contribution is -2.28. The minimum atomic E-state index is -0.589. The molecular formula is C19H19ClN2O5. The van der Waals surface area contributed by atoms with Crippen molar-refractivity contribution < 1.29 is 23.5 Å². The highest BCUT2D eigenvalue weighted by Gasteiger charge is 2.35. The number of anilines is 1. The normalized spacial score (nSPS) is 16.4. The van der Waals surface area contributed by atoms with E-state index in [2.05, 4.69) is 5.32 Å². The van der Waals surface area contributed by atoms with E-state index < -0.39 is 24.4 Å². The molecule has 2 aromatic rings. The van der Waals surface area contributed by atoms with Crippen LogP contribution < -0.4 is 5.32 Å². The second-order valence-electron chi connectivity index (χ2n) is 6.37. The maximum absolute atomic E-state index is 12.2. The zero-order valence-corrected chi connectivity index (χ0v) is 15.5. The Bertz CT molecular complexity index is 850. The van der Waals surface area contributed by atoms with Gasteiger partial charge in [-0.05, 0) is 36.8 Å². The second-order valence-corrected chi connectivity index (χ2v) is 6.78. The molecule has 0 aliphatic carbocycles. The number of esters is 1. The molecule has 2 amide bonds. The topological polar surface area (TPSA) is 88.8 Å². The number of nitrogens with one attached hydrogen (secondary N) is 1. The number of nitrogens with zero attached hydrogens (tertiary/aromatic N) is 1. The van der Waals surface area contributed by atoms with E-state index >= 15 is 0 Å². The first-order chi connectivity index (χ1) is 12.9. The number of furan rings is 1. The van der Waals surface area contributed by atoms with Crippen LogP contribution in [0.15, 0.2) is 41.0 Å². The molecule has 1 fully saturated rings. The molecule has 0 unspecified atom stereocenters. The van der Waals surface area contributed by atoms with Gasteiger partial charge in [0.2, 0.25) is 5.91 Å². The van der Waals surface area contributed by atoms with Gasteiger partial charge >= 0.3 is 5.97 Å². The second kappa shape index (κ2) is 8.26. The van der Waals surface area contributed by atoms with Crippen molar-refractivity contribution in [1.29, 1.82) is 0 Å². The number of ether oxygens (including phenoxy) is 1. The molecule has 1 aromatic carbocycles. The van der Waals surface area contributed by atoms with E-state index in [1.807, 2.05) is 6.92 Å². The maximum atomic E-state index is 12.2. The number of carbonyl (C=O) groups excluding carboxylic acids is 3. The molecule has 0 radical (unpaired) electrons. The average Bonchev–Trinajstić information content (AvgIpc) is 3.27. The molecule has 0 spiro atoms. The molecule has 0 bridgehead atoms. The van der Waals surface area contributed by atoms with Crippen molar-refractivity contribution in [3.63, 3.8) is 0 Å². The van der Waals surface area contributed by atoms with Crippen LogP contribution in [0.4, 0.5) is 5.69 Å². The van der Waals surface area contributed by atoms with Crippen LogP contribution >= 0.6 is 11.6 Å². The number of hydrogen-bond acceptors (Lipinski definition) is 5. The summed E-state index contributed by atoms with van der Waals surface area (Å²) in [5.74, 6) is -1.13. The maximum Gasteiger partial charge on any atom is 0.311 e. The number of hydrogen-bond donors (Lipinski definition) is 1. The number of aryl methyl sites for hydroxylation is 1. The Morgan fingerprint density at radius 2 is 2.19 bits per heavy atom. The van der Waals surface area contributed by atoms with Gasteiger partial charge in [0.25, 0.3) is 5.91 Å². The molecule has 1 saturated heterocycles. The largest absolute Gasteiger partial charge is 0.467 e. The molecule has 1 aliphatic rings. The first kappa shape index (κ1) is 19.0. The third-order valence-corrected chi connectivity index (χ3v) is 4.68. The Kier molecular flexibility index (Phi) is 5.81. The highest BCUT2D eigenvalue weighted by molar-refractivity contribution is 6.31. The summed E-state index contributed by atoms with van der Waals surface area (Å²) in [4.78, 5) is 37.7. The lowest BCUT2D eigenvalue weighted by Gasteiger charge is -2.14. The minimum Gasteiger partial charge on any atom is -0.467 e. The third kappa shape index (κ3) is 4.89. The van der Waals surface area contributed by atoms with Gasteiger partial charge in [0.1, 0.15) is 5.76 Å². The molecular weight excluding hydrogens is 372 g/mol. The molecule has 1 aliphatic heterocycles. The molecule has 2 heterocycles. The average molecular weight is 391 g/mol. The van der Waals surface area contributed by atoms with E-state index in [1.165, 1.54) is 6.26 Å². The fraction of sp³-hybridized carbons (Fsp3) is 0.316. The van der Waals surface area contributed by atoms with Crippen LogP contribution in [0.5, 0.6) is 0 Å². The first-order valence-corrected chi connectivity index (χ1v) is 8.83. The summed E-state index contributed by atoms with van der Waals surface area (Å²) < 4.78 is 10.3. The van der Waals surface area contributed by atoms with Gasteiger partial charge in [0, 0.05) is 23.7 Å². The predicted molar refractivity (Wildman–Crippen MR) is 98.0 cm³/mol. The van der Waals surface area contributed by atoms with Crippen LogP contribution in [0, 0.1) is 12.8 Å². The lowest BCUT2D eigenvalue weighted by atomic mass is 10.1. The number of rotatable bonds is 6. The molecule has 1 atom stereocenters. The van der Waals surface area contributed by atoms with Gasteiger partial charge in [0.05, 0.1) is 18.7 Å². The summed E-state index contributed by atoms with van der Waals surface area (Å²) in [5.41, 5.74) is 1.42. The van der Waals surface area contributed by atoms with Gasteiger partial charge in [0.15, 0.2) is 6.61 Å². The van der Waals surface area contributed by atoms with Gasteiger partial charge in [-0.2, -0.15) is 0 Å². The van der Waals surface area contributed by atoms with Gasteiger partial charge in [-0.15, -0.1) is 0 Å². The molecule has 7 nitrogen and oxygen atoms in total. The van der Waals surface area contributed by atoms with Gasteiger partial charge in [-0.3, -0.25) is 14.4 Å². The van der Waals surface area contributed by atoms with Crippen LogP contribution in [-0.2, 0) is 25.7 Å². The van der Waals surface area contributed by atoms with Crippen molar-refractivity contribution in [2.24, 2.45) is 5.92 Å². The van der Waals surface area contributed by atoms with Gasteiger partial charge in [-0.25, -0.2) is 0 Å². The molecule has 142 valence electrons. The Morgan fingerprint density at radius 3 is 2.89 bits per heavy atom. The molecule has 27 heavy (non-hydrogen) atoms. The van der Waals surface area contributed by atoms with E-state index in [-0.39, 0.29) is 18.9 Å². The molecule has 3 rings (SSSR count). The Hall–Kier alpha value is -2.80. The van der Waals surface area contributed by atoms with E-state index in [0.717, 1.165) is 5.56 Å².